The Kier molecular flexibility index (Phi) is 3.37. The molecule has 1 aromatic rings. The summed E-state index contributed by atoms with van der Waals surface area (Å²) in [5, 5.41) is 11.3. The molecule has 1 aromatic heterocycles. The first kappa shape index (κ1) is 12.2. The van der Waals surface area contributed by atoms with Gasteiger partial charge in [-0.2, -0.15) is 5.10 Å². The van der Waals surface area contributed by atoms with Crippen molar-refractivity contribution in [2.24, 2.45) is 0 Å². The monoisotopic (exact) mass is 248 g/mol. The predicted octanol–water partition coefficient (Wildman–Crippen LogP) is 2.49. The van der Waals surface area contributed by atoms with Crippen LogP contribution in [0.25, 0.3) is 0 Å². The lowest BCUT2D eigenvalue weighted by Gasteiger charge is -2.23. The van der Waals surface area contributed by atoms with E-state index in [9.17, 15) is 0 Å². The molecule has 1 saturated heterocycles. The fourth-order valence-corrected chi connectivity index (χ4v) is 3.63. The van der Waals surface area contributed by atoms with Crippen molar-refractivity contribution in [3.05, 3.63) is 11.6 Å². The standard InChI is InChI=1S/C14H24N4/c1-2-7-14(8-9-15-10-14)13-16-12(17-18-13)11-5-3-4-6-11/h11,15H,2-10H2,1H3,(H,16,17,18). The number of H-pyrrole nitrogens is 1. The van der Waals surface area contributed by atoms with E-state index >= 15 is 0 Å². The normalized spacial score (nSPS) is 29.2. The molecule has 2 fully saturated rings. The third kappa shape index (κ3) is 2.07. The average Bonchev–Trinajstić information content (AvgIpc) is 3.11. The van der Waals surface area contributed by atoms with Crippen LogP contribution in [0, 0.1) is 0 Å². The third-order valence-corrected chi connectivity index (χ3v) is 4.69. The van der Waals surface area contributed by atoms with Gasteiger partial charge in [0.1, 0.15) is 5.82 Å². The molecule has 1 aliphatic heterocycles. The molecule has 4 nitrogen and oxygen atoms in total. The molecule has 1 aliphatic carbocycles. The van der Waals surface area contributed by atoms with Gasteiger partial charge in [-0.3, -0.25) is 5.10 Å². The van der Waals surface area contributed by atoms with Crippen molar-refractivity contribution in [1.82, 2.24) is 20.5 Å². The molecule has 1 atom stereocenters. The van der Waals surface area contributed by atoms with Crippen molar-refractivity contribution >= 4 is 0 Å². The molecule has 2 N–H and O–H groups in total. The van der Waals surface area contributed by atoms with Crippen LogP contribution in [0.2, 0.25) is 0 Å². The van der Waals surface area contributed by atoms with Crippen LogP contribution in [0.3, 0.4) is 0 Å². The minimum absolute atomic E-state index is 0.197. The Balaban J connectivity index is 1.82. The topological polar surface area (TPSA) is 53.6 Å². The summed E-state index contributed by atoms with van der Waals surface area (Å²) >= 11 is 0. The van der Waals surface area contributed by atoms with E-state index in [0.29, 0.717) is 5.92 Å². The van der Waals surface area contributed by atoms with E-state index < -0.39 is 0 Å². The molecule has 1 saturated carbocycles. The van der Waals surface area contributed by atoms with E-state index in [2.05, 4.69) is 22.4 Å². The zero-order chi connectivity index (χ0) is 12.4. The summed E-state index contributed by atoms with van der Waals surface area (Å²) in [5.41, 5.74) is 0.197. The molecule has 4 heteroatoms. The van der Waals surface area contributed by atoms with Gasteiger partial charge in [0.15, 0.2) is 5.82 Å². The van der Waals surface area contributed by atoms with Crippen molar-refractivity contribution in [2.45, 2.75) is 63.2 Å². The maximum atomic E-state index is 4.86. The van der Waals surface area contributed by atoms with Gasteiger partial charge in [-0.15, -0.1) is 0 Å². The Hall–Kier alpha value is -0.900. The molecule has 2 aliphatic rings. The van der Waals surface area contributed by atoms with Crippen LogP contribution in [0.5, 0.6) is 0 Å². The highest BCUT2D eigenvalue weighted by Gasteiger charge is 2.38. The second kappa shape index (κ2) is 5.00. The fourth-order valence-electron chi connectivity index (χ4n) is 3.63. The Morgan fingerprint density at radius 1 is 1.33 bits per heavy atom. The molecule has 0 amide bonds. The van der Waals surface area contributed by atoms with Crippen LogP contribution >= 0.6 is 0 Å². The highest BCUT2D eigenvalue weighted by molar-refractivity contribution is 5.14. The lowest BCUT2D eigenvalue weighted by Crippen LogP contribution is -2.30. The molecule has 18 heavy (non-hydrogen) atoms. The molecule has 1 unspecified atom stereocenters. The van der Waals surface area contributed by atoms with Gasteiger partial charge in [-0.1, -0.05) is 26.2 Å². The average molecular weight is 248 g/mol. The summed E-state index contributed by atoms with van der Waals surface area (Å²) < 4.78 is 0. The molecule has 0 aromatic carbocycles. The van der Waals surface area contributed by atoms with E-state index in [4.69, 9.17) is 4.98 Å². The van der Waals surface area contributed by atoms with Crippen LogP contribution in [-0.2, 0) is 5.41 Å². The summed E-state index contributed by atoms with van der Waals surface area (Å²) in [7, 11) is 0. The predicted molar refractivity (Wildman–Crippen MR) is 71.7 cm³/mol. The molecule has 0 bridgehead atoms. The first-order chi connectivity index (χ1) is 8.84. The Morgan fingerprint density at radius 3 is 2.83 bits per heavy atom. The number of aromatic nitrogens is 3. The van der Waals surface area contributed by atoms with E-state index in [1.807, 2.05) is 0 Å². The number of rotatable bonds is 4. The fraction of sp³-hybridized carbons (Fsp3) is 0.857. The van der Waals surface area contributed by atoms with Gasteiger partial charge in [0.05, 0.1) is 0 Å². The van der Waals surface area contributed by atoms with E-state index in [0.717, 1.165) is 24.7 Å². The molecule has 0 spiro atoms. The Morgan fingerprint density at radius 2 is 2.17 bits per heavy atom. The number of nitrogens with one attached hydrogen (secondary N) is 2. The van der Waals surface area contributed by atoms with E-state index in [-0.39, 0.29) is 5.41 Å². The highest BCUT2D eigenvalue weighted by atomic mass is 15.2. The number of hydrogen-bond acceptors (Lipinski definition) is 3. The maximum Gasteiger partial charge on any atom is 0.158 e. The van der Waals surface area contributed by atoms with Crippen LogP contribution in [0.4, 0.5) is 0 Å². The summed E-state index contributed by atoms with van der Waals surface area (Å²) in [4.78, 5) is 4.86. The van der Waals surface area contributed by atoms with Crippen LogP contribution in [0.1, 0.15) is 69.4 Å². The van der Waals surface area contributed by atoms with Gasteiger partial charge in [0, 0.05) is 17.9 Å². The number of aromatic amines is 1. The molecule has 3 rings (SSSR count). The smallest absolute Gasteiger partial charge is 0.158 e. The van der Waals surface area contributed by atoms with E-state index in [1.54, 1.807) is 0 Å². The quantitative estimate of drug-likeness (QED) is 0.860. The second-order valence-corrected chi connectivity index (χ2v) is 5.98. The number of nitrogens with zero attached hydrogens (tertiary/aromatic N) is 2. The molecule has 0 radical (unpaired) electrons. The lowest BCUT2D eigenvalue weighted by molar-refractivity contribution is 0.403. The maximum absolute atomic E-state index is 4.86. The van der Waals surface area contributed by atoms with Gasteiger partial charge in [0.2, 0.25) is 0 Å². The van der Waals surface area contributed by atoms with Gasteiger partial charge < -0.3 is 5.32 Å². The Labute approximate surface area is 109 Å². The summed E-state index contributed by atoms with van der Waals surface area (Å²) in [6.07, 6.45) is 8.85. The highest BCUT2D eigenvalue weighted by Crippen LogP contribution is 2.36. The molecule has 2 heterocycles. The first-order valence-electron chi connectivity index (χ1n) is 7.47. The zero-order valence-corrected chi connectivity index (χ0v) is 11.3. The Bertz CT molecular complexity index is 386. The van der Waals surface area contributed by atoms with Crippen molar-refractivity contribution in [3.63, 3.8) is 0 Å². The SMILES string of the molecule is CCCC1(c2n[nH]c(C3CCCC3)n2)CCNC1. The van der Waals surface area contributed by atoms with Gasteiger partial charge >= 0.3 is 0 Å². The molecular formula is C14H24N4. The van der Waals surface area contributed by atoms with Gasteiger partial charge in [0.25, 0.3) is 0 Å². The summed E-state index contributed by atoms with van der Waals surface area (Å²) in [6.45, 7) is 4.40. The molecule has 100 valence electrons. The minimum atomic E-state index is 0.197. The van der Waals surface area contributed by atoms with Crippen molar-refractivity contribution < 1.29 is 0 Å². The van der Waals surface area contributed by atoms with E-state index in [1.165, 1.54) is 44.9 Å². The van der Waals surface area contributed by atoms with Crippen molar-refractivity contribution in [3.8, 4) is 0 Å². The van der Waals surface area contributed by atoms with Crippen LogP contribution in [0.15, 0.2) is 0 Å². The lowest BCUT2D eigenvalue weighted by atomic mass is 9.82. The van der Waals surface area contributed by atoms with Crippen molar-refractivity contribution in [1.29, 1.82) is 0 Å². The van der Waals surface area contributed by atoms with Gasteiger partial charge in [-0.05, 0) is 32.2 Å². The second-order valence-electron chi connectivity index (χ2n) is 5.98. The number of hydrogen-bond donors (Lipinski definition) is 2. The van der Waals surface area contributed by atoms with Crippen LogP contribution in [-0.4, -0.2) is 28.3 Å². The zero-order valence-electron chi connectivity index (χ0n) is 11.3. The third-order valence-electron chi connectivity index (χ3n) is 4.69. The molecular weight excluding hydrogens is 224 g/mol. The largest absolute Gasteiger partial charge is 0.316 e. The summed E-state index contributed by atoms with van der Waals surface area (Å²) in [5.74, 6) is 2.85. The van der Waals surface area contributed by atoms with Crippen molar-refractivity contribution in [2.75, 3.05) is 13.1 Å². The summed E-state index contributed by atoms with van der Waals surface area (Å²) in [6, 6.07) is 0. The van der Waals surface area contributed by atoms with Gasteiger partial charge in [-0.25, -0.2) is 4.98 Å². The first-order valence-corrected chi connectivity index (χ1v) is 7.47. The minimum Gasteiger partial charge on any atom is -0.316 e. The van der Waals surface area contributed by atoms with Crippen LogP contribution < -0.4 is 5.32 Å².